The quantitative estimate of drug-likeness (QED) is 0.690. The maximum atomic E-state index is 5.62. The number of aryl methyl sites for hydroxylation is 1. The standard InChI is InChI=1S/C13H12N4/c1-9-4-2-3-5-11(9)17-7-6-10-13(17)15-8-12(14)16-10/h2-8H,1H3,(H2,14,16). The molecular weight excluding hydrogens is 212 g/mol. The SMILES string of the molecule is Cc1ccccc1-n1ccc2nc(N)cnc21. The molecule has 4 nitrogen and oxygen atoms in total. The van der Waals surface area contributed by atoms with E-state index in [-0.39, 0.29) is 0 Å². The van der Waals surface area contributed by atoms with Crippen LogP contribution in [0, 0.1) is 6.92 Å². The average molecular weight is 224 g/mol. The summed E-state index contributed by atoms with van der Waals surface area (Å²) in [7, 11) is 0. The first-order valence-electron chi connectivity index (χ1n) is 5.41. The minimum atomic E-state index is 0.444. The molecule has 0 radical (unpaired) electrons. The Balaban J connectivity index is 2.29. The number of fused-ring (bicyclic) bond motifs is 1. The summed E-state index contributed by atoms with van der Waals surface area (Å²) in [5, 5.41) is 0. The van der Waals surface area contributed by atoms with Gasteiger partial charge in [-0.2, -0.15) is 0 Å². The van der Waals surface area contributed by atoms with E-state index in [1.54, 1.807) is 6.20 Å². The van der Waals surface area contributed by atoms with Gasteiger partial charge in [0.1, 0.15) is 11.3 Å². The van der Waals surface area contributed by atoms with Crippen molar-refractivity contribution in [1.29, 1.82) is 0 Å². The summed E-state index contributed by atoms with van der Waals surface area (Å²) in [5.74, 6) is 0.444. The highest BCUT2D eigenvalue weighted by Crippen LogP contribution is 2.20. The van der Waals surface area contributed by atoms with Crippen LogP contribution < -0.4 is 5.73 Å². The summed E-state index contributed by atoms with van der Waals surface area (Å²) >= 11 is 0. The Kier molecular flexibility index (Phi) is 2.08. The number of benzene rings is 1. The predicted molar refractivity (Wildman–Crippen MR) is 68.0 cm³/mol. The fraction of sp³-hybridized carbons (Fsp3) is 0.0769. The largest absolute Gasteiger partial charge is 0.382 e. The Labute approximate surface area is 98.7 Å². The molecule has 0 atom stereocenters. The summed E-state index contributed by atoms with van der Waals surface area (Å²) < 4.78 is 2.02. The molecule has 4 heteroatoms. The van der Waals surface area contributed by atoms with Gasteiger partial charge >= 0.3 is 0 Å². The fourth-order valence-electron chi connectivity index (χ4n) is 1.95. The lowest BCUT2D eigenvalue weighted by Gasteiger charge is -2.07. The van der Waals surface area contributed by atoms with Crippen molar-refractivity contribution >= 4 is 17.0 Å². The van der Waals surface area contributed by atoms with Crippen molar-refractivity contribution in [3.63, 3.8) is 0 Å². The van der Waals surface area contributed by atoms with Crippen LogP contribution in [0.25, 0.3) is 16.9 Å². The van der Waals surface area contributed by atoms with E-state index in [4.69, 9.17) is 5.73 Å². The van der Waals surface area contributed by atoms with Crippen LogP contribution in [0.3, 0.4) is 0 Å². The smallest absolute Gasteiger partial charge is 0.163 e. The number of rotatable bonds is 1. The van der Waals surface area contributed by atoms with Gasteiger partial charge in [0.05, 0.1) is 6.20 Å². The topological polar surface area (TPSA) is 56.7 Å². The second-order valence-corrected chi connectivity index (χ2v) is 3.98. The molecule has 0 saturated carbocycles. The van der Waals surface area contributed by atoms with E-state index < -0.39 is 0 Å². The zero-order valence-corrected chi connectivity index (χ0v) is 9.46. The van der Waals surface area contributed by atoms with Crippen molar-refractivity contribution in [1.82, 2.24) is 14.5 Å². The first kappa shape index (κ1) is 9.84. The van der Waals surface area contributed by atoms with E-state index in [0.717, 1.165) is 16.9 Å². The third kappa shape index (κ3) is 1.54. The molecule has 0 aliphatic carbocycles. The molecule has 2 heterocycles. The van der Waals surface area contributed by atoms with Crippen molar-refractivity contribution in [2.24, 2.45) is 0 Å². The molecule has 3 aromatic rings. The number of nitrogens with zero attached hydrogens (tertiary/aromatic N) is 3. The zero-order chi connectivity index (χ0) is 11.8. The van der Waals surface area contributed by atoms with Gasteiger partial charge in [0.25, 0.3) is 0 Å². The molecule has 1 aromatic carbocycles. The number of hydrogen-bond acceptors (Lipinski definition) is 3. The number of nitrogens with two attached hydrogens (primary N) is 1. The van der Waals surface area contributed by atoms with Gasteiger partial charge in [-0.05, 0) is 24.6 Å². The fourth-order valence-corrected chi connectivity index (χ4v) is 1.95. The van der Waals surface area contributed by atoms with Gasteiger partial charge in [-0.3, -0.25) is 4.57 Å². The van der Waals surface area contributed by atoms with Gasteiger partial charge in [0, 0.05) is 11.9 Å². The molecule has 2 aromatic heterocycles. The van der Waals surface area contributed by atoms with E-state index in [9.17, 15) is 0 Å². The van der Waals surface area contributed by atoms with Crippen LogP contribution in [0.5, 0.6) is 0 Å². The van der Waals surface area contributed by atoms with Crippen molar-refractivity contribution in [3.8, 4) is 5.69 Å². The number of para-hydroxylation sites is 1. The maximum absolute atomic E-state index is 5.62. The van der Waals surface area contributed by atoms with Crippen LogP contribution in [0.4, 0.5) is 5.82 Å². The summed E-state index contributed by atoms with van der Waals surface area (Å²) in [6.07, 6.45) is 3.55. The second kappa shape index (κ2) is 3.59. The second-order valence-electron chi connectivity index (χ2n) is 3.98. The van der Waals surface area contributed by atoms with Crippen LogP contribution in [0.1, 0.15) is 5.56 Å². The van der Waals surface area contributed by atoms with Crippen molar-refractivity contribution in [2.75, 3.05) is 5.73 Å². The normalized spacial score (nSPS) is 10.9. The minimum absolute atomic E-state index is 0.444. The van der Waals surface area contributed by atoms with E-state index in [0.29, 0.717) is 5.82 Å². The van der Waals surface area contributed by atoms with Crippen molar-refractivity contribution in [2.45, 2.75) is 6.92 Å². The molecule has 0 aliphatic heterocycles. The van der Waals surface area contributed by atoms with E-state index in [1.165, 1.54) is 5.56 Å². The Hall–Kier alpha value is -2.36. The third-order valence-corrected chi connectivity index (χ3v) is 2.78. The molecule has 3 rings (SSSR count). The van der Waals surface area contributed by atoms with Crippen LogP contribution in [0.2, 0.25) is 0 Å². The first-order valence-corrected chi connectivity index (χ1v) is 5.41. The summed E-state index contributed by atoms with van der Waals surface area (Å²) in [6, 6.07) is 10.1. The highest BCUT2D eigenvalue weighted by Gasteiger charge is 2.07. The van der Waals surface area contributed by atoms with Gasteiger partial charge in [0.2, 0.25) is 0 Å². The molecule has 2 N–H and O–H groups in total. The Morgan fingerprint density at radius 1 is 1.18 bits per heavy atom. The Morgan fingerprint density at radius 3 is 2.82 bits per heavy atom. The average Bonchev–Trinajstić information content (AvgIpc) is 2.72. The molecule has 0 spiro atoms. The van der Waals surface area contributed by atoms with E-state index in [2.05, 4.69) is 29.0 Å². The molecule has 17 heavy (non-hydrogen) atoms. The third-order valence-electron chi connectivity index (χ3n) is 2.78. The molecule has 0 saturated heterocycles. The van der Waals surface area contributed by atoms with Gasteiger partial charge in [-0.1, -0.05) is 18.2 Å². The summed E-state index contributed by atoms with van der Waals surface area (Å²) in [4.78, 5) is 8.58. The highest BCUT2D eigenvalue weighted by atomic mass is 15.1. The van der Waals surface area contributed by atoms with Crippen LogP contribution >= 0.6 is 0 Å². The minimum Gasteiger partial charge on any atom is -0.382 e. The Bertz CT molecular complexity index is 685. The van der Waals surface area contributed by atoms with Gasteiger partial charge < -0.3 is 5.73 Å². The number of anilines is 1. The lowest BCUT2D eigenvalue weighted by molar-refractivity contribution is 1.07. The van der Waals surface area contributed by atoms with Crippen molar-refractivity contribution < 1.29 is 0 Å². The molecule has 84 valence electrons. The monoisotopic (exact) mass is 224 g/mol. The molecule has 0 unspecified atom stereocenters. The van der Waals surface area contributed by atoms with Crippen LogP contribution in [-0.2, 0) is 0 Å². The number of nitrogen functional groups attached to an aromatic ring is 1. The van der Waals surface area contributed by atoms with Gasteiger partial charge in [-0.15, -0.1) is 0 Å². The van der Waals surface area contributed by atoms with E-state index >= 15 is 0 Å². The molecule has 0 bridgehead atoms. The van der Waals surface area contributed by atoms with Crippen LogP contribution in [-0.4, -0.2) is 14.5 Å². The summed E-state index contributed by atoms with van der Waals surface area (Å²) in [5.41, 5.74) is 9.57. The molecule has 0 fully saturated rings. The summed E-state index contributed by atoms with van der Waals surface area (Å²) in [6.45, 7) is 2.08. The van der Waals surface area contributed by atoms with Gasteiger partial charge in [0.15, 0.2) is 5.65 Å². The van der Waals surface area contributed by atoms with Gasteiger partial charge in [-0.25, -0.2) is 9.97 Å². The Morgan fingerprint density at radius 2 is 2.00 bits per heavy atom. The molecule has 0 aliphatic rings. The molecule has 0 amide bonds. The lowest BCUT2D eigenvalue weighted by Crippen LogP contribution is -1.98. The lowest BCUT2D eigenvalue weighted by atomic mass is 10.2. The first-order chi connectivity index (χ1) is 8.25. The number of aromatic nitrogens is 3. The number of hydrogen-bond donors (Lipinski definition) is 1. The van der Waals surface area contributed by atoms with Crippen LogP contribution in [0.15, 0.2) is 42.7 Å². The highest BCUT2D eigenvalue weighted by molar-refractivity contribution is 5.75. The molecular formula is C13H12N4. The van der Waals surface area contributed by atoms with E-state index in [1.807, 2.05) is 29.0 Å². The zero-order valence-electron chi connectivity index (χ0n) is 9.46. The maximum Gasteiger partial charge on any atom is 0.163 e. The predicted octanol–water partition coefficient (Wildman–Crippen LogP) is 2.31. The van der Waals surface area contributed by atoms with Crippen molar-refractivity contribution in [3.05, 3.63) is 48.3 Å².